The highest BCUT2D eigenvalue weighted by atomic mass is 79.9. The van der Waals surface area contributed by atoms with Crippen molar-refractivity contribution < 1.29 is 9.13 Å². The molecule has 1 nitrogen and oxygen atoms in total. The maximum absolute atomic E-state index is 13.1. The first-order valence-electron chi connectivity index (χ1n) is 5.38. The van der Waals surface area contributed by atoms with Crippen molar-refractivity contribution in [2.24, 2.45) is 0 Å². The van der Waals surface area contributed by atoms with Crippen molar-refractivity contribution in [2.45, 2.75) is 12.3 Å². The largest absolute Gasteiger partial charge is 0.457 e. The molecule has 0 aliphatic heterocycles. The number of alkyl halides is 1. The molecule has 0 aliphatic rings. The number of halogens is 3. The van der Waals surface area contributed by atoms with Crippen molar-refractivity contribution >= 4 is 31.9 Å². The minimum absolute atomic E-state index is 0.260. The van der Waals surface area contributed by atoms with Crippen LogP contribution >= 0.6 is 31.9 Å². The predicted molar refractivity (Wildman–Crippen MR) is 78.0 cm³/mol. The zero-order chi connectivity index (χ0) is 13.1. The zero-order valence-corrected chi connectivity index (χ0v) is 12.9. The van der Waals surface area contributed by atoms with Gasteiger partial charge >= 0.3 is 0 Å². The van der Waals surface area contributed by atoms with Crippen LogP contribution in [0.1, 0.15) is 11.1 Å². The molecule has 2 rings (SSSR count). The van der Waals surface area contributed by atoms with E-state index in [2.05, 4.69) is 31.9 Å². The summed E-state index contributed by atoms with van der Waals surface area (Å²) in [5, 5.41) is 0.551. The van der Waals surface area contributed by atoms with Gasteiger partial charge in [0.25, 0.3) is 0 Å². The minimum atomic E-state index is -0.260. The molecule has 0 aromatic heterocycles. The average Bonchev–Trinajstić information content (AvgIpc) is 2.34. The molecule has 0 radical (unpaired) electrons. The molecule has 0 bridgehead atoms. The van der Waals surface area contributed by atoms with Gasteiger partial charge in [0.05, 0.1) is 0 Å². The van der Waals surface area contributed by atoms with E-state index in [0.29, 0.717) is 11.1 Å². The highest BCUT2D eigenvalue weighted by Gasteiger charge is 2.07. The Labute approximate surface area is 122 Å². The third kappa shape index (κ3) is 3.12. The average molecular weight is 374 g/mol. The van der Waals surface area contributed by atoms with Crippen LogP contribution in [0.3, 0.4) is 0 Å². The van der Waals surface area contributed by atoms with Crippen LogP contribution in [0.4, 0.5) is 4.39 Å². The van der Waals surface area contributed by atoms with Gasteiger partial charge < -0.3 is 4.74 Å². The van der Waals surface area contributed by atoms with Crippen molar-refractivity contribution in [1.82, 2.24) is 0 Å². The molecule has 0 heterocycles. The van der Waals surface area contributed by atoms with E-state index in [1.54, 1.807) is 6.07 Å². The summed E-state index contributed by atoms with van der Waals surface area (Å²) in [6.07, 6.45) is 0. The monoisotopic (exact) mass is 372 g/mol. The van der Waals surface area contributed by atoms with Gasteiger partial charge in [-0.05, 0) is 48.9 Å². The maximum Gasteiger partial charge on any atom is 0.131 e. The van der Waals surface area contributed by atoms with Gasteiger partial charge in [-0.15, -0.1) is 0 Å². The number of hydrogen-bond donors (Lipinski definition) is 0. The van der Waals surface area contributed by atoms with Crippen LogP contribution in [0.25, 0.3) is 0 Å². The molecule has 0 aliphatic carbocycles. The lowest BCUT2D eigenvalue weighted by atomic mass is 10.2. The number of ether oxygens (including phenoxy) is 1. The molecule has 0 fully saturated rings. The molecule has 0 spiro atoms. The highest BCUT2D eigenvalue weighted by molar-refractivity contribution is 9.10. The molecule has 94 valence electrons. The minimum Gasteiger partial charge on any atom is -0.457 e. The lowest BCUT2D eigenvalue weighted by Gasteiger charge is -2.12. The Bertz CT molecular complexity index is 570. The lowest BCUT2D eigenvalue weighted by Crippen LogP contribution is -1.92. The summed E-state index contributed by atoms with van der Waals surface area (Å²) >= 11 is 6.74. The first kappa shape index (κ1) is 13.6. The van der Waals surface area contributed by atoms with Crippen molar-refractivity contribution in [2.75, 3.05) is 0 Å². The van der Waals surface area contributed by atoms with Gasteiger partial charge in [0.15, 0.2) is 0 Å². The SMILES string of the molecule is Cc1cc(Br)ccc1Oc1ccc(F)cc1CBr. The van der Waals surface area contributed by atoms with Crippen molar-refractivity contribution in [3.05, 3.63) is 57.8 Å². The summed E-state index contributed by atoms with van der Waals surface area (Å²) in [5.74, 6) is 1.18. The summed E-state index contributed by atoms with van der Waals surface area (Å²) < 4.78 is 20.0. The fourth-order valence-electron chi connectivity index (χ4n) is 1.60. The molecule has 2 aromatic carbocycles. The number of aryl methyl sites for hydroxylation is 1. The van der Waals surface area contributed by atoms with E-state index in [-0.39, 0.29) is 5.82 Å². The van der Waals surface area contributed by atoms with Crippen molar-refractivity contribution in [3.63, 3.8) is 0 Å². The molecule has 2 aromatic rings. The Hall–Kier alpha value is -0.870. The van der Waals surface area contributed by atoms with Crippen LogP contribution in [-0.4, -0.2) is 0 Å². The zero-order valence-electron chi connectivity index (χ0n) is 9.71. The van der Waals surface area contributed by atoms with Gasteiger partial charge in [0.2, 0.25) is 0 Å². The van der Waals surface area contributed by atoms with Crippen LogP contribution in [0.5, 0.6) is 11.5 Å². The Balaban J connectivity index is 2.33. The van der Waals surface area contributed by atoms with Gasteiger partial charge in [-0.1, -0.05) is 31.9 Å². The maximum atomic E-state index is 13.1. The topological polar surface area (TPSA) is 9.23 Å². The Morgan fingerprint density at radius 3 is 2.50 bits per heavy atom. The Kier molecular flexibility index (Phi) is 4.40. The van der Waals surface area contributed by atoms with Crippen LogP contribution < -0.4 is 4.74 Å². The van der Waals surface area contributed by atoms with E-state index in [1.165, 1.54) is 12.1 Å². The number of benzene rings is 2. The quantitative estimate of drug-likeness (QED) is 0.637. The van der Waals surface area contributed by atoms with Gasteiger partial charge in [-0.25, -0.2) is 4.39 Å². The predicted octanol–water partition coefficient (Wildman–Crippen LogP) is 5.58. The Morgan fingerprint density at radius 2 is 1.83 bits per heavy atom. The van der Waals surface area contributed by atoms with E-state index >= 15 is 0 Å². The van der Waals surface area contributed by atoms with E-state index in [0.717, 1.165) is 21.3 Å². The summed E-state index contributed by atoms with van der Waals surface area (Å²) in [7, 11) is 0. The van der Waals surface area contributed by atoms with E-state index in [1.807, 2.05) is 25.1 Å². The fourth-order valence-corrected chi connectivity index (χ4v) is 2.51. The van der Waals surface area contributed by atoms with Crippen molar-refractivity contribution in [1.29, 1.82) is 0 Å². The third-order valence-corrected chi connectivity index (χ3v) is 3.62. The first-order valence-corrected chi connectivity index (χ1v) is 7.30. The summed E-state index contributed by atoms with van der Waals surface area (Å²) in [6.45, 7) is 1.97. The smallest absolute Gasteiger partial charge is 0.131 e. The van der Waals surface area contributed by atoms with E-state index < -0.39 is 0 Å². The number of rotatable bonds is 3. The second-order valence-corrected chi connectivity index (χ2v) is 5.37. The van der Waals surface area contributed by atoms with E-state index in [4.69, 9.17) is 4.74 Å². The van der Waals surface area contributed by atoms with Gasteiger partial charge in [-0.2, -0.15) is 0 Å². The molecule has 0 unspecified atom stereocenters. The molecular formula is C14H11Br2FO. The molecule has 0 amide bonds. The molecule has 0 N–H and O–H groups in total. The summed E-state index contributed by atoms with van der Waals surface area (Å²) in [5.41, 5.74) is 1.81. The third-order valence-electron chi connectivity index (χ3n) is 2.52. The molecule has 4 heteroatoms. The normalized spacial score (nSPS) is 10.4. The van der Waals surface area contributed by atoms with Crippen LogP contribution in [0.15, 0.2) is 40.9 Å². The van der Waals surface area contributed by atoms with Crippen LogP contribution in [0, 0.1) is 12.7 Å². The molecular weight excluding hydrogens is 363 g/mol. The summed E-state index contributed by atoms with van der Waals surface area (Å²) in [4.78, 5) is 0. The standard InChI is InChI=1S/C14H11Br2FO/c1-9-6-11(16)2-4-13(9)18-14-5-3-12(17)7-10(14)8-15/h2-7H,8H2,1H3. The van der Waals surface area contributed by atoms with E-state index in [9.17, 15) is 4.39 Å². The second-order valence-electron chi connectivity index (χ2n) is 3.90. The van der Waals surface area contributed by atoms with Gasteiger partial charge in [0, 0.05) is 15.4 Å². The fraction of sp³-hybridized carbons (Fsp3) is 0.143. The summed E-state index contributed by atoms with van der Waals surface area (Å²) in [6, 6.07) is 10.3. The molecule has 0 saturated carbocycles. The van der Waals surface area contributed by atoms with Crippen LogP contribution in [-0.2, 0) is 5.33 Å². The second kappa shape index (κ2) is 5.85. The molecule has 0 saturated heterocycles. The van der Waals surface area contributed by atoms with Gasteiger partial charge in [-0.3, -0.25) is 0 Å². The Morgan fingerprint density at radius 1 is 1.11 bits per heavy atom. The highest BCUT2D eigenvalue weighted by Crippen LogP contribution is 2.31. The lowest BCUT2D eigenvalue weighted by molar-refractivity contribution is 0.472. The van der Waals surface area contributed by atoms with Crippen molar-refractivity contribution in [3.8, 4) is 11.5 Å². The number of hydrogen-bond acceptors (Lipinski definition) is 1. The van der Waals surface area contributed by atoms with Gasteiger partial charge in [0.1, 0.15) is 17.3 Å². The first-order chi connectivity index (χ1) is 8.60. The van der Waals surface area contributed by atoms with Crippen LogP contribution in [0.2, 0.25) is 0 Å². The molecule has 0 atom stereocenters. The molecule has 18 heavy (non-hydrogen) atoms.